The van der Waals surface area contributed by atoms with Crippen LogP contribution in [0.25, 0.3) is 0 Å². The van der Waals surface area contributed by atoms with E-state index in [-0.39, 0.29) is 6.10 Å². The number of aryl methyl sites for hydroxylation is 1. The smallest absolute Gasteiger partial charge is 0.105 e. The molecule has 3 heteroatoms. The van der Waals surface area contributed by atoms with Crippen LogP contribution in [-0.2, 0) is 10.9 Å². The van der Waals surface area contributed by atoms with Gasteiger partial charge in [0.15, 0.2) is 0 Å². The topological polar surface area (TPSA) is 22.1 Å². The molecule has 120 valence electrons. The molecule has 4 rings (SSSR count). The summed E-state index contributed by atoms with van der Waals surface area (Å²) < 4.78 is 6.67. The maximum Gasteiger partial charge on any atom is 0.105 e. The first-order valence-corrected chi connectivity index (χ1v) is 9.60. The molecule has 2 aromatic carbocycles. The average Bonchev–Trinajstić information content (AvgIpc) is 3.05. The molecule has 1 aliphatic rings. The quantitative estimate of drug-likeness (QED) is 0.659. The summed E-state index contributed by atoms with van der Waals surface area (Å²) in [6, 6.07) is 23.2. The zero-order chi connectivity index (χ0) is 16.4. The van der Waals surface area contributed by atoms with Gasteiger partial charge in [-0.25, -0.2) is 0 Å². The summed E-state index contributed by atoms with van der Waals surface area (Å²) in [7, 11) is -0.836. The third kappa shape index (κ3) is 3.00. The Balaban J connectivity index is 1.68. The average molecular weight is 333 g/mol. The number of aromatic nitrogens is 1. The summed E-state index contributed by atoms with van der Waals surface area (Å²) in [4.78, 5) is 4.63. The lowest BCUT2D eigenvalue weighted by molar-refractivity contribution is 0.234. The number of nitrogens with zero attached hydrogens (tertiary/aromatic N) is 1. The van der Waals surface area contributed by atoms with E-state index in [0.717, 1.165) is 18.5 Å². The number of hydrogen-bond acceptors (Lipinski definition) is 2. The van der Waals surface area contributed by atoms with Crippen molar-refractivity contribution >= 4 is 18.8 Å². The molecule has 0 saturated heterocycles. The fourth-order valence-electron chi connectivity index (χ4n) is 3.25. The molecule has 1 aliphatic carbocycles. The van der Waals surface area contributed by atoms with Crippen LogP contribution in [-0.4, -0.2) is 4.98 Å². The van der Waals surface area contributed by atoms with Gasteiger partial charge in [0.25, 0.3) is 0 Å². The third-order valence-electron chi connectivity index (χ3n) is 4.50. The minimum absolute atomic E-state index is 0.0893. The molecule has 2 nitrogen and oxygen atoms in total. The largest absolute Gasteiger partial charge is 0.340 e. The van der Waals surface area contributed by atoms with Crippen LogP contribution in [0.2, 0.25) is 0 Å². The lowest BCUT2D eigenvalue weighted by Crippen LogP contribution is -2.15. The first-order chi connectivity index (χ1) is 11.8. The van der Waals surface area contributed by atoms with Gasteiger partial charge < -0.3 is 4.52 Å². The molecule has 0 spiro atoms. The molecule has 1 atom stereocenters. The summed E-state index contributed by atoms with van der Waals surface area (Å²) in [5, 5.41) is 2.50. The van der Waals surface area contributed by atoms with Crippen molar-refractivity contribution in [3.63, 3.8) is 0 Å². The van der Waals surface area contributed by atoms with Gasteiger partial charge in [0.05, 0.1) is 13.8 Å². The van der Waals surface area contributed by atoms with Crippen LogP contribution < -0.4 is 10.6 Å². The molecule has 1 heterocycles. The number of hydrogen-bond donors (Lipinski definition) is 0. The Kier molecular flexibility index (Phi) is 4.42. The van der Waals surface area contributed by atoms with E-state index in [9.17, 15) is 0 Å². The predicted octanol–water partition coefficient (Wildman–Crippen LogP) is 4.44. The van der Waals surface area contributed by atoms with E-state index in [0.29, 0.717) is 0 Å². The molecule has 0 N–H and O–H groups in total. The second kappa shape index (κ2) is 6.84. The Labute approximate surface area is 144 Å². The molecule has 0 amide bonds. The predicted molar refractivity (Wildman–Crippen MR) is 100 cm³/mol. The van der Waals surface area contributed by atoms with Gasteiger partial charge in [-0.15, -0.1) is 0 Å². The standard InChI is InChI=1S/C21H20NOP/c1-16-14-15-22-21-19(16)12-13-20(21)23-24(17-8-4-2-5-9-17)18-10-6-3-7-11-18/h2-11,14-15,20H,12-13H2,1H3/t20-/m1/s1. The van der Waals surface area contributed by atoms with E-state index >= 15 is 0 Å². The number of benzene rings is 2. The zero-order valence-corrected chi connectivity index (χ0v) is 14.6. The molecule has 0 unspecified atom stereocenters. The molecule has 0 fully saturated rings. The van der Waals surface area contributed by atoms with E-state index in [1.807, 2.05) is 6.20 Å². The van der Waals surface area contributed by atoms with Crippen LogP contribution in [0.1, 0.15) is 29.3 Å². The zero-order valence-electron chi connectivity index (χ0n) is 13.7. The van der Waals surface area contributed by atoms with E-state index in [2.05, 4.69) is 78.6 Å². The summed E-state index contributed by atoms with van der Waals surface area (Å²) >= 11 is 0. The van der Waals surface area contributed by atoms with E-state index in [1.54, 1.807) is 0 Å². The Morgan fingerprint density at radius 2 is 1.54 bits per heavy atom. The first-order valence-electron chi connectivity index (χ1n) is 8.34. The minimum atomic E-state index is -0.836. The molecule has 0 bridgehead atoms. The van der Waals surface area contributed by atoms with Crippen molar-refractivity contribution in [1.29, 1.82) is 0 Å². The van der Waals surface area contributed by atoms with Crippen LogP contribution in [0.4, 0.5) is 0 Å². The van der Waals surface area contributed by atoms with Gasteiger partial charge >= 0.3 is 0 Å². The molecule has 3 aromatic rings. The highest BCUT2D eigenvalue weighted by Crippen LogP contribution is 2.45. The maximum atomic E-state index is 6.67. The molecular formula is C21H20NOP. The van der Waals surface area contributed by atoms with Crippen LogP contribution >= 0.6 is 8.15 Å². The van der Waals surface area contributed by atoms with E-state index in [4.69, 9.17) is 4.52 Å². The van der Waals surface area contributed by atoms with E-state index < -0.39 is 8.15 Å². The summed E-state index contributed by atoms with van der Waals surface area (Å²) in [6.07, 6.45) is 4.08. The second-order valence-electron chi connectivity index (χ2n) is 6.09. The highest BCUT2D eigenvalue weighted by Gasteiger charge is 2.29. The number of pyridine rings is 1. The molecule has 0 saturated carbocycles. The van der Waals surface area contributed by atoms with Crippen LogP contribution in [0, 0.1) is 6.92 Å². The second-order valence-corrected chi connectivity index (χ2v) is 7.92. The van der Waals surface area contributed by atoms with Gasteiger partial charge in [-0.2, -0.15) is 0 Å². The Hall–Kier alpha value is -2.02. The normalized spacial score (nSPS) is 16.3. The van der Waals surface area contributed by atoms with Gasteiger partial charge in [-0.05, 0) is 37.0 Å². The summed E-state index contributed by atoms with van der Waals surface area (Å²) in [5.41, 5.74) is 3.84. The van der Waals surface area contributed by atoms with E-state index in [1.165, 1.54) is 21.7 Å². The molecule has 0 aliphatic heterocycles. The SMILES string of the molecule is Cc1ccnc2c1CC[C@H]2OP(c1ccccc1)c1ccccc1. The Bertz CT molecular complexity index is 780. The van der Waals surface area contributed by atoms with Gasteiger partial charge in [-0.3, -0.25) is 4.98 Å². The lowest BCUT2D eigenvalue weighted by atomic mass is 10.1. The van der Waals surface area contributed by atoms with Crippen molar-refractivity contribution in [2.45, 2.75) is 25.9 Å². The van der Waals surface area contributed by atoms with Crippen LogP contribution in [0.15, 0.2) is 72.9 Å². The van der Waals surface area contributed by atoms with Gasteiger partial charge in [-0.1, -0.05) is 60.7 Å². The van der Waals surface area contributed by atoms with Crippen molar-refractivity contribution in [1.82, 2.24) is 4.98 Å². The molecular weight excluding hydrogens is 313 g/mol. The first kappa shape index (κ1) is 15.5. The monoisotopic (exact) mass is 333 g/mol. The third-order valence-corrected chi connectivity index (χ3v) is 6.50. The van der Waals surface area contributed by atoms with Crippen molar-refractivity contribution in [3.05, 3.63) is 89.7 Å². The van der Waals surface area contributed by atoms with Crippen molar-refractivity contribution in [2.24, 2.45) is 0 Å². The minimum Gasteiger partial charge on any atom is -0.340 e. The molecule has 0 radical (unpaired) electrons. The highest BCUT2D eigenvalue weighted by atomic mass is 31.1. The van der Waals surface area contributed by atoms with Crippen molar-refractivity contribution in [3.8, 4) is 0 Å². The van der Waals surface area contributed by atoms with Gasteiger partial charge in [0.2, 0.25) is 0 Å². The van der Waals surface area contributed by atoms with Crippen LogP contribution in [0.5, 0.6) is 0 Å². The Morgan fingerprint density at radius 1 is 0.917 bits per heavy atom. The number of fused-ring (bicyclic) bond motifs is 1. The molecule has 24 heavy (non-hydrogen) atoms. The maximum absolute atomic E-state index is 6.67. The van der Waals surface area contributed by atoms with Crippen molar-refractivity contribution in [2.75, 3.05) is 0 Å². The molecule has 1 aromatic heterocycles. The van der Waals surface area contributed by atoms with Crippen LogP contribution in [0.3, 0.4) is 0 Å². The highest BCUT2D eigenvalue weighted by molar-refractivity contribution is 7.68. The lowest BCUT2D eigenvalue weighted by Gasteiger charge is -2.23. The van der Waals surface area contributed by atoms with Gasteiger partial charge in [0.1, 0.15) is 6.10 Å². The fourth-order valence-corrected chi connectivity index (χ4v) is 5.14. The summed E-state index contributed by atoms with van der Waals surface area (Å²) in [6.45, 7) is 2.17. The van der Waals surface area contributed by atoms with Crippen molar-refractivity contribution < 1.29 is 4.52 Å². The Morgan fingerprint density at radius 3 is 2.17 bits per heavy atom. The number of rotatable bonds is 4. The fraction of sp³-hybridized carbons (Fsp3) is 0.190. The van der Waals surface area contributed by atoms with Gasteiger partial charge in [0, 0.05) is 16.8 Å². The summed E-state index contributed by atoms with van der Waals surface area (Å²) in [5.74, 6) is 0.